The van der Waals surface area contributed by atoms with Crippen molar-refractivity contribution in [1.82, 2.24) is 60.0 Å². The summed E-state index contributed by atoms with van der Waals surface area (Å²) in [5.41, 5.74) is 18.3. The number of aromatic nitrogens is 12. The van der Waals surface area contributed by atoms with Gasteiger partial charge in [-0.2, -0.15) is 15.0 Å². The summed E-state index contributed by atoms with van der Waals surface area (Å²) >= 11 is 12.0. The molecular weight excluding hydrogens is 1390 g/mol. The lowest BCUT2D eigenvalue weighted by Crippen LogP contribution is -2.25. The summed E-state index contributed by atoms with van der Waals surface area (Å²) in [6.45, 7) is 54.2. The van der Waals surface area contributed by atoms with Gasteiger partial charge in [0.2, 0.25) is 0 Å². The molecule has 0 saturated carbocycles. The summed E-state index contributed by atoms with van der Waals surface area (Å²) in [6, 6.07) is 49.7. The molecule has 0 aliphatic rings. The summed E-state index contributed by atoms with van der Waals surface area (Å²) < 4.78 is 0. The highest BCUT2D eigenvalue weighted by atomic mass is 35.5. The van der Waals surface area contributed by atoms with Crippen LogP contribution in [0.25, 0.3) is 61.2 Å². The predicted molar refractivity (Wildman–Crippen MR) is 443 cm³/mol. The van der Waals surface area contributed by atoms with Crippen molar-refractivity contribution in [3.8, 4) is 45.8 Å². The second kappa shape index (κ2) is 31.0. The quantitative estimate of drug-likeness (QED) is 0.100. The smallest absolute Gasteiger partial charge is 0.146 e. The lowest BCUT2D eigenvalue weighted by Gasteiger charge is -2.33. The van der Waals surface area contributed by atoms with Crippen molar-refractivity contribution in [3.63, 3.8) is 0 Å². The fourth-order valence-corrected chi connectivity index (χ4v) is 13.2. The number of hydrogen-bond acceptors (Lipinski definition) is 13. The summed E-state index contributed by atoms with van der Waals surface area (Å²) in [6.07, 6.45) is 1.06. The van der Waals surface area contributed by atoms with E-state index in [1.807, 2.05) is 111 Å². The third-order valence-corrected chi connectivity index (χ3v) is 19.1. The Morgan fingerprint density at radius 1 is 0.306 bits per heavy atom. The molecule has 0 aliphatic heterocycles. The third-order valence-electron chi connectivity index (χ3n) is 18.6. The number of aromatic hydroxyl groups is 5. The van der Waals surface area contributed by atoms with Gasteiger partial charge in [-0.05, 0) is 200 Å². The van der Waals surface area contributed by atoms with Gasteiger partial charge in [-0.25, -0.2) is 0 Å². The van der Waals surface area contributed by atoms with Gasteiger partial charge in [-0.3, -0.25) is 0 Å². The first kappa shape index (κ1) is 82.2. The van der Waals surface area contributed by atoms with Crippen LogP contribution in [0.15, 0.2) is 158 Å². The van der Waals surface area contributed by atoms with E-state index in [1.54, 1.807) is 41.2 Å². The maximum Gasteiger partial charge on any atom is 0.146 e. The second-order valence-corrected chi connectivity index (χ2v) is 37.3. The number of hydrogen-bond donors (Lipinski definition) is 5. The lowest BCUT2D eigenvalue weighted by atomic mass is 9.72. The number of benzene rings is 9. The highest BCUT2D eigenvalue weighted by molar-refractivity contribution is 6.31. The Bertz CT molecular complexity index is 5280. The van der Waals surface area contributed by atoms with Crippen LogP contribution in [-0.4, -0.2) is 85.5 Å². The number of nitrogens with zero attached hydrogens (tertiary/aromatic N) is 12. The summed E-state index contributed by atoms with van der Waals surface area (Å²) in [5.74, 6) is 1.36. The summed E-state index contributed by atoms with van der Waals surface area (Å²) in [4.78, 5) is 6.09. The Hall–Kier alpha value is -9.84. The SMILES string of the molecule is CC(C)(C)CC(C)(C)c1ccc(O)c(Cn2nc3ccccc3n2)c1.CC(C)(C)c1cc(-n2nc3ccc(Cl)cc3n2)c(O)c(C(C)(C)C)c1.CC(C)(C)c1cc(C(C)(C)C)c(O)c(C(C)(C)C)c1.Cc1cc(-n2nc3ccc(Cl)cc3n2)c(O)c(C(C)(C)C)c1.Cc1ccc(O)c(-n2nc3ccccc3n2)c1. The van der Waals surface area contributed by atoms with E-state index in [1.165, 1.54) is 25.5 Å². The second-order valence-electron chi connectivity index (χ2n) is 36.4. The molecule has 9 aromatic carbocycles. The fourth-order valence-electron chi connectivity index (χ4n) is 12.9. The molecular formula is C89H110Cl2N12O5. The zero-order chi connectivity index (χ0) is 79.9. The van der Waals surface area contributed by atoms with Crippen LogP contribution in [0.1, 0.15) is 221 Å². The van der Waals surface area contributed by atoms with E-state index in [0.29, 0.717) is 50.4 Å². The predicted octanol–water partition coefficient (Wildman–Crippen LogP) is 22.4. The van der Waals surface area contributed by atoms with Crippen LogP contribution in [-0.2, 0) is 44.4 Å². The van der Waals surface area contributed by atoms with Gasteiger partial charge >= 0.3 is 0 Å². The molecule has 4 heterocycles. The van der Waals surface area contributed by atoms with Crippen molar-refractivity contribution in [2.45, 2.75) is 224 Å². The number of rotatable bonds is 7. The number of aryl methyl sites for hydroxylation is 2. The fraction of sp³-hybridized carbons (Fsp3) is 0.393. The van der Waals surface area contributed by atoms with Gasteiger partial charge in [-0.15, -0.1) is 45.0 Å². The zero-order valence-electron chi connectivity index (χ0n) is 67.8. The van der Waals surface area contributed by atoms with Gasteiger partial charge < -0.3 is 25.5 Å². The van der Waals surface area contributed by atoms with E-state index >= 15 is 0 Å². The molecule has 0 fully saturated rings. The van der Waals surface area contributed by atoms with Crippen LogP contribution in [0.3, 0.4) is 0 Å². The van der Waals surface area contributed by atoms with Crippen molar-refractivity contribution in [3.05, 3.63) is 223 Å². The molecule has 13 aromatic rings. The van der Waals surface area contributed by atoms with Gasteiger partial charge in [-0.1, -0.05) is 243 Å². The minimum Gasteiger partial charge on any atom is -0.508 e. The monoisotopic (exact) mass is 1500 g/mol. The van der Waals surface area contributed by atoms with Crippen LogP contribution in [0.2, 0.25) is 10.0 Å². The van der Waals surface area contributed by atoms with E-state index in [9.17, 15) is 25.5 Å². The number of phenols is 5. The Morgan fingerprint density at radius 3 is 1.07 bits per heavy atom. The van der Waals surface area contributed by atoms with Crippen LogP contribution in [0, 0.1) is 19.3 Å². The third kappa shape index (κ3) is 20.1. The minimum absolute atomic E-state index is 0.0307. The van der Waals surface area contributed by atoms with Crippen molar-refractivity contribution >= 4 is 67.3 Å². The molecule has 5 N–H and O–H groups in total. The molecule has 13 rings (SSSR count). The summed E-state index contributed by atoms with van der Waals surface area (Å²) in [7, 11) is 0. The van der Waals surface area contributed by atoms with Crippen molar-refractivity contribution < 1.29 is 25.5 Å². The van der Waals surface area contributed by atoms with Crippen molar-refractivity contribution in [2.75, 3.05) is 0 Å². The molecule has 0 aliphatic carbocycles. The largest absolute Gasteiger partial charge is 0.508 e. The maximum absolute atomic E-state index is 10.9. The standard InChI is InChI=1S/C21H27N3O.C20H24ClN3O.C18H30O.C17H18ClN3O.C13H11N3O/c1-20(2,3)14-21(4,5)16-10-11-19(25)15(12-16)13-24-22-17-8-6-7-9-18(17)23-24;1-19(2,3)12-9-14(20(4,5)6)18(25)17(10-12)24-22-15-8-7-13(21)11-16(15)23-24;1-16(2,3)12-10-13(17(4,5)6)15(19)14(11-12)18(7,8)9;1-10-7-12(17(2,3)4)16(22)15(8-10)21-19-13-6-5-11(18)9-14(13)20-21;1-9-6-7-13(17)12(8-9)16-14-10-4-2-3-5-11(10)15-16/h6-12,25H,13-14H2,1-5H3;7-11,25H,1-6H3;10-11,19H,1-9H3;5-9,22H,1-4H3;2-8,17H,1H3. The topological polar surface area (TPSA) is 224 Å². The minimum atomic E-state index is -0.198. The van der Waals surface area contributed by atoms with Crippen LogP contribution in [0.4, 0.5) is 0 Å². The highest BCUT2D eigenvalue weighted by Crippen LogP contribution is 2.44. The van der Waals surface area contributed by atoms with Gasteiger partial charge in [0.15, 0.2) is 0 Å². The molecule has 4 aromatic heterocycles. The average Bonchev–Trinajstić information content (AvgIpc) is 1.30. The zero-order valence-corrected chi connectivity index (χ0v) is 69.3. The lowest BCUT2D eigenvalue weighted by molar-refractivity contribution is 0.284. The Labute approximate surface area is 647 Å². The molecule has 570 valence electrons. The van der Waals surface area contributed by atoms with Crippen molar-refractivity contribution in [1.29, 1.82) is 0 Å². The molecule has 0 spiro atoms. The molecule has 108 heavy (non-hydrogen) atoms. The van der Waals surface area contributed by atoms with Crippen molar-refractivity contribution in [2.24, 2.45) is 5.41 Å². The van der Waals surface area contributed by atoms with E-state index in [-0.39, 0.29) is 66.3 Å². The van der Waals surface area contributed by atoms with E-state index in [4.69, 9.17) is 23.2 Å². The van der Waals surface area contributed by atoms with E-state index in [2.05, 4.69) is 224 Å². The Balaban J connectivity index is 0.000000157. The highest BCUT2D eigenvalue weighted by Gasteiger charge is 2.32. The van der Waals surface area contributed by atoms with Gasteiger partial charge in [0.05, 0.1) is 6.54 Å². The first-order valence-electron chi connectivity index (χ1n) is 36.8. The first-order valence-corrected chi connectivity index (χ1v) is 37.5. The molecule has 0 amide bonds. The molecule has 0 saturated heterocycles. The molecule has 0 unspecified atom stereocenters. The maximum atomic E-state index is 10.9. The van der Waals surface area contributed by atoms with E-state index < -0.39 is 0 Å². The summed E-state index contributed by atoms with van der Waals surface area (Å²) in [5, 5.41) is 89.1. The molecule has 19 heteroatoms. The van der Waals surface area contributed by atoms with Crippen LogP contribution < -0.4 is 0 Å². The number of halogens is 2. The molecule has 0 radical (unpaired) electrons. The number of phenolic OH excluding ortho intramolecular Hbond substituents is 5. The average molecular weight is 1500 g/mol. The molecule has 0 atom stereocenters. The van der Waals surface area contributed by atoms with E-state index in [0.717, 1.165) is 84.0 Å². The molecule has 17 nitrogen and oxygen atoms in total. The molecule has 0 bridgehead atoms. The first-order chi connectivity index (χ1) is 49.8. The Morgan fingerprint density at radius 2 is 0.657 bits per heavy atom. The number of fused-ring (bicyclic) bond motifs is 4. The van der Waals surface area contributed by atoms with Gasteiger partial charge in [0, 0.05) is 26.7 Å². The van der Waals surface area contributed by atoms with Crippen LogP contribution in [0.5, 0.6) is 28.7 Å². The van der Waals surface area contributed by atoms with Gasteiger partial charge in [0.1, 0.15) is 89.9 Å². The Kier molecular flexibility index (Phi) is 23.6. The normalized spacial score (nSPS) is 12.5. The van der Waals surface area contributed by atoms with Gasteiger partial charge in [0.25, 0.3) is 0 Å². The van der Waals surface area contributed by atoms with Crippen LogP contribution >= 0.6 is 23.2 Å².